The fourth-order valence-electron chi connectivity index (χ4n) is 5.82. The summed E-state index contributed by atoms with van der Waals surface area (Å²) in [5.41, 5.74) is 0.482. The van der Waals surface area contributed by atoms with Crippen molar-refractivity contribution in [3.8, 4) is 5.75 Å². The fourth-order valence-corrected chi connectivity index (χ4v) is 5.82. The first-order chi connectivity index (χ1) is 12.8. The molecule has 27 heavy (non-hydrogen) atoms. The van der Waals surface area contributed by atoms with Crippen molar-refractivity contribution in [2.75, 3.05) is 6.61 Å². The van der Waals surface area contributed by atoms with Crippen LogP contribution in [0.25, 0.3) is 11.0 Å². The Hall–Kier alpha value is -1.81. The van der Waals surface area contributed by atoms with E-state index in [1.165, 1.54) is 18.9 Å². The number of ether oxygens (including phenoxy) is 1. The van der Waals surface area contributed by atoms with Crippen molar-refractivity contribution >= 4 is 11.0 Å². The normalized spacial score (nSPS) is 36.4. The summed E-state index contributed by atoms with van der Waals surface area (Å²) in [6.45, 7) is 7.58. The lowest BCUT2D eigenvalue weighted by atomic mass is 9.48. The molecule has 1 heterocycles. The molecular formula is C23H30O4. The highest BCUT2D eigenvalue weighted by Crippen LogP contribution is 2.59. The Morgan fingerprint density at radius 1 is 1.19 bits per heavy atom. The molecule has 4 rings (SSSR count). The zero-order chi connectivity index (χ0) is 19.2. The van der Waals surface area contributed by atoms with Gasteiger partial charge in [-0.2, -0.15) is 0 Å². The summed E-state index contributed by atoms with van der Waals surface area (Å²) >= 11 is 0. The first kappa shape index (κ1) is 18.5. The third-order valence-electron chi connectivity index (χ3n) is 7.63. The Kier molecular flexibility index (Phi) is 4.58. The number of fused-ring (bicyclic) bond motifs is 2. The quantitative estimate of drug-likeness (QED) is 0.790. The van der Waals surface area contributed by atoms with Gasteiger partial charge in [-0.3, -0.25) is 0 Å². The van der Waals surface area contributed by atoms with Crippen LogP contribution >= 0.6 is 0 Å². The van der Waals surface area contributed by atoms with Gasteiger partial charge in [-0.25, -0.2) is 4.79 Å². The van der Waals surface area contributed by atoms with Crippen molar-refractivity contribution in [1.29, 1.82) is 0 Å². The van der Waals surface area contributed by atoms with E-state index in [-0.39, 0.29) is 22.6 Å². The molecule has 0 spiro atoms. The van der Waals surface area contributed by atoms with E-state index >= 15 is 0 Å². The van der Waals surface area contributed by atoms with Crippen LogP contribution in [-0.2, 0) is 0 Å². The smallest absolute Gasteiger partial charge is 0.336 e. The van der Waals surface area contributed by atoms with E-state index in [1.54, 1.807) is 6.07 Å². The lowest BCUT2D eigenvalue weighted by molar-refractivity contribution is -0.131. The van der Waals surface area contributed by atoms with Gasteiger partial charge in [0.2, 0.25) is 0 Å². The third kappa shape index (κ3) is 3.18. The van der Waals surface area contributed by atoms with Crippen LogP contribution in [-0.4, -0.2) is 17.8 Å². The molecule has 0 radical (unpaired) electrons. The van der Waals surface area contributed by atoms with Crippen LogP contribution in [0.5, 0.6) is 5.75 Å². The number of benzene rings is 1. The molecule has 4 heteroatoms. The molecule has 0 aliphatic heterocycles. The number of aliphatic hydroxyl groups excluding tert-OH is 1. The Bertz CT molecular complexity index is 887. The van der Waals surface area contributed by atoms with E-state index in [4.69, 9.17) is 9.15 Å². The monoisotopic (exact) mass is 370 g/mol. The summed E-state index contributed by atoms with van der Waals surface area (Å²) in [7, 11) is 0. The first-order valence-corrected chi connectivity index (χ1v) is 10.2. The van der Waals surface area contributed by atoms with Gasteiger partial charge in [-0.05, 0) is 61.1 Å². The van der Waals surface area contributed by atoms with Gasteiger partial charge in [-0.1, -0.05) is 27.2 Å². The largest absolute Gasteiger partial charge is 0.493 e. The lowest BCUT2D eigenvalue weighted by Crippen LogP contribution is -2.54. The SMILES string of the molecule is C[C@@H]1[C@H](O)CC[C@@H]2[C@](C)(COc3ccc4ccc(=O)oc4c3)CCC[C@]12C. The maximum atomic E-state index is 11.5. The molecule has 2 fully saturated rings. The highest BCUT2D eigenvalue weighted by molar-refractivity contribution is 5.77. The predicted molar refractivity (Wildman–Crippen MR) is 106 cm³/mol. The van der Waals surface area contributed by atoms with E-state index in [2.05, 4.69) is 20.8 Å². The van der Waals surface area contributed by atoms with Crippen LogP contribution in [0.4, 0.5) is 0 Å². The maximum Gasteiger partial charge on any atom is 0.336 e. The Labute approximate surface area is 160 Å². The van der Waals surface area contributed by atoms with E-state index in [1.807, 2.05) is 18.2 Å². The average Bonchev–Trinajstić information content (AvgIpc) is 2.64. The van der Waals surface area contributed by atoms with Crippen molar-refractivity contribution in [3.05, 3.63) is 40.8 Å². The molecule has 2 saturated carbocycles. The standard InChI is InChI=1S/C23H30O4/c1-15-18(24)8-9-20-22(2,11-4-12-23(15,20)3)14-26-17-7-5-16-6-10-21(25)27-19(16)13-17/h5-7,10,13,15,18,20,24H,4,8-9,11-12,14H2,1-3H3/t15-,18-,20-,22+,23-/m1/s1. The molecule has 2 aliphatic carbocycles. The van der Waals surface area contributed by atoms with Gasteiger partial charge in [0.25, 0.3) is 0 Å². The molecule has 2 aromatic rings. The van der Waals surface area contributed by atoms with Crippen LogP contribution < -0.4 is 10.4 Å². The van der Waals surface area contributed by atoms with Gasteiger partial charge in [0.05, 0.1) is 12.7 Å². The van der Waals surface area contributed by atoms with Gasteiger partial charge in [0.15, 0.2) is 0 Å². The van der Waals surface area contributed by atoms with Gasteiger partial charge < -0.3 is 14.3 Å². The number of hydrogen-bond acceptors (Lipinski definition) is 4. The van der Waals surface area contributed by atoms with Crippen molar-refractivity contribution < 1.29 is 14.3 Å². The predicted octanol–water partition coefficient (Wildman–Crippen LogP) is 4.78. The second-order valence-electron chi connectivity index (χ2n) is 9.24. The van der Waals surface area contributed by atoms with Crippen LogP contribution in [0.15, 0.2) is 39.5 Å². The molecule has 1 aromatic heterocycles. The minimum absolute atomic E-state index is 0.0912. The third-order valence-corrected chi connectivity index (χ3v) is 7.63. The topological polar surface area (TPSA) is 59.7 Å². The molecule has 0 amide bonds. The Morgan fingerprint density at radius 3 is 2.78 bits per heavy atom. The molecule has 1 aromatic carbocycles. The fraction of sp³-hybridized carbons (Fsp3) is 0.609. The number of rotatable bonds is 3. The number of hydrogen-bond donors (Lipinski definition) is 1. The summed E-state index contributed by atoms with van der Waals surface area (Å²) in [4.78, 5) is 11.5. The van der Waals surface area contributed by atoms with Gasteiger partial charge in [-0.15, -0.1) is 0 Å². The summed E-state index contributed by atoms with van der Waals surface area (Å²) in [6, 6.07) is 8.90. The van der Waals surface area contributed by atoms with E-state index in [9.17, 15) is 9.90 Å². The molecular weight excluding hydrogens is 340 g/mol. The summed E-state index contributed by atoms with van der Waals surface area (Å²) in [5.74, 6) is 1.62. The maximum absolute atomic E-state index is 11.5. The van der Waals surface area contributed by atoms with Crippen LogP contribution in [0.2, 0.25) is 0 Å². The molecule has 0 saturated heterocycles. The van der Waals surface area contributed by atoms with Crippen molar-refractivity contribution in [2.24, 2.45) is 22.7 Å². The summed E-state index contributed by atoms with van der Waals surface area (Å²) in [6.07, 6.45) is 5.28. The molecule has 146 valence electrons. The Morgan fingerprint density at radius 2 is 1.96 bits per heavy atom. The van der Waals surface area contributed by atoms with Gasteiger partial charge in [0.1, 0.15) is 11.3 Å². The summed E-state index contributed by atoms with van der Waals surface area (Å²) < 4.78 is 11.5. The molecule has 2 aliphatic rings. The minimum Gasteiger partial charge on any atom is -0.493 e. The van der Waals surface area contributed by atoms with E-state index in [0.717, 1.165) is 30.4 Å². The lowest BCUT2D eigenvalue weighted by Gasteiger charge is -2.58. The van der Waals surface area contributed by atoms with Crippen LogP contribution in [0.1, 0.15) is 52.9 Å². The number of aliphatic hydroxyl groups is 1. The average molecular weight is 370 g/mol. The van der Waals surface area contributed by atoms with Gasteiger partial charge >= 0.3 is 5.63 Å². The van der Waals surface area contributed by atoms with Crippen molar-refractivity contribution in [2.45, 2.75) is 59.0 Å². The van der Waals surface area contributed by atoms with Crippen molar-refractivity contribution in [3.63, 3.8) is 0 Å². The second kappa shape index (κ2) is 6.66. The zero-order valence-corrected chi connectivity index (χ0v) is 16.5. The zero-order valence-electron chi connectivity index (χ0n) is 16.5. The molecule has 0 unspecified atom stereocenters. The second-order valence-corrected chi connectivity index (χ2v) is 9.24. The molecule has 5 atom stereocenters. The molecule has 1 N–H and O–H groups in total. The molecule has 0 bridgehead atoms. The van der Waals surface area contributed by atoms with Crippen LogP contribution in [0.3, 0.4) is 0 Å². The van der Waals surface area contributed by atoms with Gasteiger partial charge in [0, 0.05) is 22.9 Å². The minimum atomic E-state index is -0.343. The first-order valence-electron chi connectivity index (χ1n) is 10.2. The van der Waals surface area contributed by atoms with Crippen LogP contribution in [0, 0.1) is 22.7 Å². The van der Waals surface area contributed by atoms with E-state index < -0.39 is 0 Å². The van der Waals surface area contributed by atoms with E-state index in [0.29, 0.717) is 24.0 Å². The highest BCUT2D eigenvalue weighted by Gasteiger charge is 2.54. The summed E-state index contributed by atoms with van der Waals surface area (Å²) in [5, 5.41) is 11.3. The highest BCUT2D eigenvalue weighted by atomic mass is 16.5. The molecule has 4 nitrogen and oxygen atoms in total. The van der Waals surface area contributed by atoms with Crippen molar-refractivity contribution in [1.82, 2.24) is 0 Å². The Balaban J connectivity index is 1.55.